The molecule has 0 fully saturated rings. The average molecular weight is 328 g/mol. The van der Waals surface area contributed by atoms with Gasteiger partial charge in [-0.3, -0.25) is 4.79 Å². The summed E-state index contributed by atoms with van der Waals surface area (Å²) in [6, 6.07) is 5.94. The number of halogens is 1. The summed E-state index contributed by atoms with van der Waals surface area (Å²) in [4.78, 5) is 15.7. The second-order valence-electron chi connectivity index (χ2n) is 4.73. The third-order valence-electron chi connectivity index (χ3n) is 2.70. The van der Waals surface area contributed by atoms with Gasteiger partial charge in [0, 0.05) is 11.0 Å². The predicted molar refractivity (Wildman–Crippen MR) is 78.8 cm³/mol. The van der Waals surface area contributed by atoms with Gasteiger partial charge in [0.1, 0.15) is 0 Å². The first-order valence-corrected chi connectivity index (χ1v) is 7.09. The van der Waals surface area contributed by atoms with Crippen molar-refractivity contribution in [2.45, 2.75) is 13.8 Å². The second kappa shape index (κ2) is 4.85. The third kappa shape index (κ3) is 2.81. The highest BCUT2D eigenvalue weighted by atomic mass is 79.9. The van der Waals surface area contributed by atoms with E-state index in [0.717, 1.165) is 19.8 Å². The molecule has 0 spiro atoms. The fourth-order valence-corrected chi connectivity index (χ4v) is 2.77. The van der Waals surface area contributed by atoms with Crippen LogP contribution in [0.4, 0.5) is 5.13 Å². The first kappa shape index (κ1) is 13.3. The molecule has 4 nitrogen and oxygen atoms in total. The first-order valence-electron chi connectivity index (χ1n) is 5.48. The Hall–Kier alpha value is -1.14. The van der Waals surface area contributed by atoms with E-state index in [0.29, 0.717) is 6.54 Å². The van der Waals surface area contributed by atoms with E-state index in [1.165, 1.54) is 0 Å². The molecular formula is C12H14BrN3OS. The lowest BCUT2D eigenvalue weighted by Gasteiger charge is -2.20. The van der Waals surface area contributed by atoms with E-state index in [9.17, 15) is 4.79 Å². The Morgan fingerprint density at radius 1 is 1.56 bits per heavy atom. The number of rotatable bonds is 4. The number of hydrogen-bond donors (Lipinski definition) is 2. The third-order valence-corrected chi connectivity index (χ3v) is 4.17. The van der Waals surface area contributed by atoms with Gasteiger partial charge in [0.25, 0.3) is 0 Å². The number of primary amides is 1. The van der Waals surface area contributed by atoms with Crippen molar-refractivity contribution in [2.75, 3.05) is 11.9 Å². The lowest BCUT2D eigenvalue weighted by molar-refractivity contribution is -0.125. The minimum Gasteiger partial charge on any atom is -0.369 e. The standard InChI is InChI=1S/C12H14BrN3OS/c1-12(2,10(14)17)6-15-11-16-8-4-3-7(13)5-9(8)18-11/h3-5H,6H2,1-2H3,(H2,14,17)(H,15,16). The van der Waals surface area contributed by atoms with Gasteiger partial charge < -0.3 is 11.1 Å². The van der Waals surface area contributed by atoms with Crippen LogP contribution in [0.15, 0.2) is 22.7 Å². The van der Waals surface area contributed by atoms with Crippen LogP contribution in [0.2, 0.25) is 0 Å². The molecule has 18 heavy (non-hydrogen) atoms. The number of nitrogens with zero attached hydrogens (tertiary/aromatic N) is 1. The summed E-state index contributed by atoms with van der Waals surface area (Å²) in [6.45, 7) is 4.10. The topological polar surface area (TPSA) is 68.0 Å². The predicted octanol–water partition coefficient (Wildman–Crippen LogP) is 2.98. The Morgan fingerprint density at radius 3 is 2.94 bits per heavy atom. The number of carbonyl (C=O) groups is 1. The van der Waals surface area contributed by atoms with Gasteiger partial charge in [0.05, 0.1) is 15.6 Å². The van der Waals surface area contributed by atoms with Crippen molar-refractivity contribution >= 4 is 48.5 Å². The van der Waals surface area contributed by atoms with Gasteiger partial charge in [-0.05, 0) is 32.0 Å². The maximum Gasteiger partial charge on any atom is 0.224 e. The SMILES string of the molecule is CC(C)(CNc1nc2ccc(Br)cc2s1)C(N)=O. The smallest absolute Gasteiger partial charge is 0.224 e. The summed E-state index contributed by atoms with van der Waals surface area (Å²) in [7, 11) is 0. The van der Waals surface area contributed by atoms with Gasteiger partial charge in [-0.25, -0.2) is 4.98 Å². The van der Waals surface area contributed by atoms with E-state index in [2.05, 4.69) is 26.2 Å². The molecule has 3 N–H and O–H groups in total. The van der Waals surface area contributed by atoms with Crippen LogP contribution < -0.4 is 11.1 Å². The Kier molecular flexibility index (Phi) is 3.59. The number of nitrogens with two attached hydrogens (primary N) is 1. The van der Waals surface area contributed by atoms with E-state index in [-0.39, 0.29) is 5.91 Å². The van der Waals surface area contributed by atoms with Crippen molar-refractivity contribution in [3.8, 4) is 0 Å². The molecule has 2 rings (SSSR count). The lowest BCUT2D eigenvalue weighted by atomic mass is 9.93. The van der Waals surface area contributed by atoms with Crippen LogP contribution in [0.1, 0.15) is 13.8 Å². The van der Waals surface area contributed by atoms with Gasteiger partial charge in [0.15, 0.2) is 5.13 Å². The molecule has 2 aromatic rings. The molecule has 96 valence electrons. The number of hydrogen-bond acceptors (Lipinski definition) is 4. The Balaban J connectivity index is 2.15. The van der Waals surface area contributed by atoms with Crippen LogP contribution >= 0.6 is 27.3 Å². The van der Waals surface area contributed by atoms with Crippen molar-refractivity contribution in [1.82, 2.24) is 4.98 Å². The lowest BCUT2D eigenvalue weighted by Crippen LogP contribution is -2.37. The molecule has 1 amide bonds. The molecule has 6 heteroatoms. The molecule has 0 bridgehead atoms. The molecule has 0 aliphatic rings. The van der Waals surface area contributed by atoms with E-state index in [4.69, 9.17) is 5.73 Å². The number of benzene rings is 1. The summed E-state index contributed by atoms with van der Waals surface area (Å²) >= 11 is 4.99. The number of fused-ring (bicyclic) bond motifs is 1. The highest BCUT2D eigenvalue weighted by Crippen LogP contribution is 2.29. The molecule has 1 aromatic heterocycles. The van der Waals surface area contributed by atoms with E-state index < -0.39 is 5.41 Å². The quantitative estimate of drug-likeness (QED) is 0.907. The van der Waals surface area contributed by atoms with Gasteiger partial charge >= 0.3 is 0 Å². The van der Waals surface area contributed by atoms with Crippen molar-refractivity contribution in [3.05, 3.63) is 22.7 Å². The van der Waals surface area contributed by atoms with Gasteiger partial charge in [-0.2, -0.15) is 0 Å². The molecule has 1 heterocycles. The van der Waals surface area contributed by atoms with Crippen LogP contribution in [0, 0.1) is 5.41 Å². The maximum atomic E-state index is 11.2. The number of amides is 1. The highest BCUT2D eigenvalue weighted by molar-refractivity contribution is 9.10. The molecule has 0 aliphatic heterocycles. The van der Waals surface area contributed by atoms with Crippen LogP contribution in [0.3, 0.4) is 0 Å². The highest BCUT2D eigenvalue weighted by Gasteiger charge is 2.24. The second-order valence-corrected chi connectivity index (χ2v) is 6.68. The molecule has 0 aliphatic carbocycles. The van der Waals surface area contributed by atoms with Crippen molar-refractivity contribution < 1.29 is 4.79 Å². The summed E-state index contributed by atoms with van der Waals surface area (Å²) in [6.07, 6.45) is 0. The Morgan fingerprint density at radius 2 is 2.28 bits per heavy atom. The van der Waals surface area contributed by atoms with Crippen LogP contribution in [0.5, 0.6) is 0 Å². The monoisotopic (exact) mass is 327 g/mol. The van der Waals surface area contributed by atoms with Crippen molar-refractivity contribution in [2.24, 2.45) is 11.1 Å². The van der Waals surface area contributed by atoms with Crippen molar-refractivity contribution in [1.29, 1.82) is 0 Å². The summed E-state index contributed by atoms with van der Waals surface area (Å²) in [5, 5.41) is 3.97. The molecule has 0 saturated heterocycles. The summed E-state index contributed by atoms with van der Waals surface area (Å²) in [5.74, 6) is -0.321. The van der Waals surface area contributed by atoms with Crippen LogP contribution in [-0.2, 0) is 4.79 Å². The van der Waals surface area contributed by atoms with Crippen LogP contribution in [-0.4, -0.2) is 17.4 Å². The largest absolute Gasteiger partial charge is 0.369 e. The number of thiazole rings is 1. The fraction of sp³-hybridized carbons (Fsp3) is 0.333. The van der Waals surface area contributed by atoms with Gasteiger partial charge in [-0.1, -0.05) is 27.3 Å². The first-order chi connectivity index (χ1) is 8.38. The number of nitrogens with one attached hydrogen (secondary N) is 1. The molecule has 0 radical (unpaired) electrons. The van der Waals surface area contributed by atoms with E-state index in [1.807, 2.05) is 32.0 Å². The number of aromatic nitrogens is 1. The molecule has 0 atom stereocenters. The Labute approximate surface area is 118 Å². The number of carbonyl (C=O) groups excluding carboxylic acids is 1. The van der Waals surface area contributed by atoms with Gasteiger partial charge in [0.2, 0.25) is 5.91 Å². The zero-order valence-corrected chi connectivity index (χ0v) is 12.6. The molecule has 1 aromatic carbocycles. The fourth-order valence-electron chi connectivity index (χ4n) is 1.36. The zero-order valence-electron chi connectivity index (χ0n) is 10.2. The minimum atomic E-state index is -0.585. The summed E-state index contributed by atoms with van der Waals surface area (Å²) < 4.78 is 2.13. The average Bonchev–Trinajstić information content (AvgIpc) is 2.68. The maximum absolute atomic E-state index is 11.2. The normalized spacial score (nSPS) is 11.7. The molecule has 0 unspecified atom stereocenters. The number of anilines is 1. The van der Waals surface area contributed by atoms with Gasteiger partial charge in [-0.15, -0.1) is 0 Å². The van der Waals surface area contributed by atoms with E-state index in [1.54, 1.807) is 11.3 Å². The molecule has 0 saturated carbocycles. The Bertz CT molecular complexity index is 594. The summed E-state index contributed by atoms with van der Waals surface area (Å²) in [5.41, 5.74) is 5.69. The molecular weight excluding hydrogens is 314 g/mol. The van der Waals surface area contributed by atoms with E-state index >= 15 is 0 Å². The minimum absolute atomic E-state index is 0.321. The zero-order chi connectivity index (χ0) is 13.3. The van der Waals surface area contributed by atoms with Crippen molar-refractivity contribution in [3.63, 3.8) is 0 Å². The van der Waals surface area contributed by atoms with Crippen LogP contribution in [0.25, 0.3) is 10.2 Å².